The highest BCUT2D eigenvalue weighted by Crippen LogP contribution is 2.17. The van der Waals surface area contributed by atoms with Gasteiger partial charge in [-0.2, -0.15) is 0 Å². The Morgan fingerprint density at radius 1 is 1.35 bits per heavy atom. The normalized spacial score (nSPS) is 18.0. The molecule has 1 saturated heterocycles. The Labute approximate surface area is 128 Å². The van der Waals surface area contributed by atoms with Crippen molar-refractivity contribution in [1.29, 1.82) is 0 Å². The van der Waals surface area contributed by atoms with E-state index in [1.807, 2.05) is 25.8 Å². The van der Waals surface area contributed by atoms with Crippen LogP contribution in [0.4, 0.5) is 0 Å². The molecule has 6 heteroatoms. The third-order valence-electron chi connectivity index (χ3n) is 3.39. The Morgan fingerprint density at radius 3 is 2.65 bits per heavy atom. The van der Waals surface area contributed by atoms with Gasteiger partial charge in [0.05, 0.1) is 0 Å². The second kappa shape index (κ2) is 10.00. The summed E-state index contributed by atoms with van der Waals surface area (Å²) >= 11 is 0. The summed E-state index contributed by atoms with van der Waals surface area (Å²) in [5.74, 6) is 0.549. The number of halogens is 1. The van der Waals surface area contributed by atoms with E-state index in [0.717, 1.165) is 25.9 Å². The molecule has 1 aliphatic heterocycles. The van der Waals surface area contributed by atoms with Crippen LogP contribution in [0, 0.1) is 5.92 Å². The van der Waals surface area contributed by atoms with Crippen LogP contribution in [0.1, 0.15) is 39.5 Å². The minimum absolute atomic E-state index is 0. The zero-order chi connectivity index (χ0) is 14.3. The molecule has 0 aromatic heterocycles. The number of likely N-dealkylation sites (N-methyl/N-ethyl adjacent to an activating group) is 1. The van der Waals surface area contributed by atoms with Gasteiger partial charge in [0.25, 0.3) is 0 Å². The summed E-state index contributed by atoms with van der Waals surface area (Å²) in [5, 5.41) is 5.94. The van der Waals surface area contributed by atoms with Gasteiger partial charge in [-0.25, -0.2) is 0 Å². The number of carbonyl (C=O) groups excluding carboxylic acids is 2. The molecule has 118 valence electrons. The summed E-state index contributed by atoms with van der Waals surface area (Å²) in [6.45, 7) is 6.18. The van der Waals surface area contributed by atoms with Gasteiger partial charge >= 0.3 is 0 Å². The molecule has 0 aromatic rings. The van der Waals surface area contributed by atoms with Gasteiger partial charge in [0.15, 0.2) is 0 Å². The molecule has 1 aliphatic rings. The molecule has 0 aromatic carbocycles. The number of hydrogen-bond donors (Lipinski definition) is 2. The molecule has 2 amide bonds. The van der Waals surface area contributed by atoms with Gasteiger partial charge in [0, 0.05) is 38.5 Å². The van der Waals surface area contributed by atoms with Crippen molar-refractivity contribution in [2.75, 3.05) is 26.7 Å². The van der Waals surface area contributed by atoms with E-state index < -0.39 is 0 Å². The van der Waals surface area contributed by atoms with Crippen LogP contribution in [0.3, 0.4) is 0 Å². The molecular formula is C14H28ClN3O2. The number of likely N-dealkylation sites (tertiary alicyclic amines) is 1. The minimum atomic E-state index is 0. The quantitative estimate of drug-likeness (QED) is 0.742. The van der Waals surface area contributed by atoms with Gasteiger partial charge in [0.1, 0.15) is 0 Å². The molecule has 1 atom stereocenters. The van der Waals surface area contributed by atoms with Gasteiger partial charge in [-0.15, -0.1) is 12.4 Å². The number of carbonyl (C=O) groups is 2. The molecule has 2 N–H and O–H groups in total. The van der Waals surface area contributed by atoms with Crippen molar-refractivity contribution in [3.05, 3.63) is 0 Å². The van der Waals surface area contributed by atoms with Crippen LogP contribution >= 0.6 is 12.4 Å². The molecule has 1 fully saturated rings. The lowest BCUT2D eigenvalue weighted by atomic mass is 10.1. The van der Waals surface area contributed by atoms with Crippen molar-refractivity contribution in [3.63, 3.8) is 0 Å². The van der Waals surface area contributed by atoms with E-state index in [1.54, 1.807) is 0 Å². The maximum atomic E-state index is 12.1. The summed E-state index contributed by atoms with van der Waals surface area (Å²) in [6, 6.07) is 0.323. The first-order valence-electron chi connectivity index (χ1n) is 7.25. The van der Waals surface area contributed by atoms with E-state index in [0.29, 0.717) is 31.3 Å². The van der Waals surface area contributed by atoms with Crippen molar-refractivity contribution < 1.29 is 9.59 Å². The predicted molar refractivity (Wildman–Crippen MR) is 83.0 cm³/mol. The van der Waals surface area contributed by atoms with Crippen molar-refractivity contribution in [2.24, 2.45) is 5.92 Å². The molecular weight excluding hydrogens is 278 g/mol. The van der Waals surface area contributed by atoms with E-state index in [9.17, 15) is 9.59 Å². The van der Waals surface area contributed by atoms with Crippen LogP contribution in [0.5, 0.6) is 0 Å². The largest absolute Gasteiger partial charge is 0.356 e. The highest BCUT2D eigenvalue weighted by molar-refractivity contribution is 5.85. The fourth-order valence-corrected chi connectivity index (χ4v) is 2.51. The Bertz CT molecular complexity index is 311. The number of rotatable bonds is 7. The molecule has 0 bridgehead atoms. The zero-order valence-corrected chi connectivity index (χ0v) is 13.6. The smallest absolute Gasteiger partial charge is 0.224 e. The van der Waals surface area contributed by atoms with E-state index >= 15 is 0 Å². The Kier molecular flexibility index (Phi) is 9.59. The van der Waals surface area contributed by atoms with Gasteiger partial charge < -0.3 is 15.5 Å². The maximum Gasteiger partial charge on any atom is 0.224 e. The average molecular weight is 306 g/mol. The van der Waals surface area contributed by atoms with Crippen molar-refractivity contribution >= 4 is 24.2 Å². The van der Waals surface area contributed by atoms with Crippen LogP contribution in [0.25, 0.3) is 0 Å². The summed E-state index contributed by atoms with van der Waals surface area (Å²) in [7, 11) is 1.91. The molecule has 1 unspecified atom stereocenters. The molecule has 20 heavy (non-hydrogen) atoms. The van der Waals surface area contributed by atoms with Gasteiger partial charge in [-0.3, -0.25) is 9.59 Å². The zero-order valence-electron chi connectivity index (χ0n) is 12.8. The predicted octanol–water partition coefficient (Wildman–Crippen LogP) is 1.17. The molecule has 0 radical (unpaired) electrons. The van der Waals surface area contributed by atoms with Gasteiger partial charge in [-0.1, -0.05) is 13.8 Å². The van der Waals surface area contributed by atoms with Gasteiger partial charge in [0.2, 0.25) is 11.8 Å². The van der Waals surface area contributed by atoms with Gasteiger partial charge in [-0.05, 0) is 25.8 Å². The highest BCUT2D eigenvalue weighted by Gasteiger charge is 2.27. The lowest BCUT2D eigenvalue weighted by molar-refractivity contribution is -0.131. The Morgan fingerprint density at radius 2 is 2.05 bits per heavy atom. The Hall–Kier alpha value is -0.810. The molecule has 5 nitrogen and oxygen atoms in total. The third kappa shape index (κ3) is 6.57. The first-order chi connectivity index (χ1) is 9.04. The second-order valence-electron chi connectivity index (χ2n) is 5.64. The fraction of sp³-hybridized carbons (Fsp3) is 0.857. The standard InChI is InChI=1S/C14H27N3O2.ClH/c1-11(2)9-13(18)16-7-6-14(19)17-8-4-5-12(17)10-15-3;/h11-12,15H,4-10H2,1-3H3,(H,16,18);1H. The average Bonchev–Trinajstić information content (AvgIpc) is 2.76. The number of amides is 2. The fourth-order valence-electron chi connectivity index (χ4n) is 2.51. The van der Waals surface area contributed by atoms with Crippen LogP contribution in [0.2, 0.25) is 0 Å². The van der Waals surface area contributed by atoms with Crippen LogP contribution in [-0.2, 0) is 9.59 Å². The summed E-state index contributed by atoms with van der Waals surface area (Å²) in [6.07, 6.45) is 3.09. The van der Waals surface area contributed by atoms with Crippen molar-refractivity contribution in [1.82, 2.24) is 15.5 Å². The molecule has 0 aliphatic carbocycles. The van der Waals surface area contributed by atoms with Crippen LogP contribution in [0.15, 0.2) is 0 Å². The van der Waals surface area contributed by atoms with E-state index in [4.69, 9.17) is 0 Å². The molecule has 0 saturated carbocycles. The van der Waals surface area contributed by atoms with E-state index in [1.165, 1.54) is 0 Å². The number of hydrogen-bond acceptors (Lipinski definition) is 3. The molecule has 1 rings (SSSR count). The monoisotopic (exact) mass is 305 g/mol. The van der Waals surface area contributed by atoms with Crippen LogP contribution < -0.4 is 10.6 Å². The van der Waals surface area contributed by atoms with Crippen molar-refractivity contribution in [2.45, 2.75) is 45.6 Å². The van der Waals surface area contributed by atoms with Crippen molar-refractivity contribution in [3.8, 4) is 0 Å². The second-order valence-corrected chi connectivity index (χ2v) is 5.64. The number of nitrogens with zero attached hydrogens (tertiary/aromatic N) is 1. The lowest BCUT2D eigenvalue weighted by Gasteiger charge is -2.24. The Balaban J connectivity index is 0.00000361. The minimum Gasteiger partial charge on any atom is -0.356 e. The summed E-state index contributed by atoms with van der Waals surface area (Å²) in [5.41, 5.74) is 0. The lowest BCUT2D eigenvalue weighted by Crippen LogP contribution is -2.42. The maximum absolute atomic E-state index is 12.1. The number of nitrogens with one attached hydrogen (secondary N) is 2. The summed E-state index contributed by atoms with van der Waals surface area (Å²) in [4.78, 5) is 25.5. The summed E-state index contributed by atoms with van der Waals surface area (Å²) < 4.78 is 0. The first kappa shape index (κ1) is 19.2. The molecule has 0 spiro atoms. The third-order valence-corrected chi connectivity index (χ3v) is 3.39. The van der Waals surface area contributed by atoms with E-state index in [2.05, 4.69) is 10.6 Å². The van der Waals surface area contributed by atoms with E-state index in [-0.39, 0.29) is 24.2 Å². The SMILES string of the molecule is CNCC1CCCN1C(=O)CCNC(=O)CC(C)C.Cl. The topological polar surface area (TPSA) is 61.4 Å². The first-order valence-corrected chi connectivity index (χ1v) is 7.25. The van der Waals surface area contributed by atoms with Crippen LogP contribution in [-0.4, -0.2) is 49.4 Å². The highest BCUT2D eigenvalue weighted by atomic mass is 35.5. The molecule has 1 heterocycles.